The topological polar surface area (TPSA) is 33.5 Å². The number of para-hydroxylation sites is 1. The summed E-state index contributed by atoms with van der Waals surface area (Å²) in [6.07, 6.45) is 1.78. The van der Waals surface area contributed by atoms with Gasteiger partial charge in [0.2, 0.25) is 0 Å². The van der Waals surface area contributed by atoms with Crippen LogP contribution in [-0.4, -0.2) is 16.2 Å². The number of aryl methyl sites for hydroxylation is 2. The number of hydrogen-bond acceptors (Lipinski definition) is 4. The van der Waals surface area contributed by atoms with Crippen LogP contribution < -0.4 is 14.5 Å². The summed E-state index contributed by atoms with van der Waals surface area (Å²) in [6.45, 7) is 20.4. The van der Waals surface area contributed by atoms with E-state index >= 15 is 0 Å². The second-order valence-corrected chi connectivity index (χ2v) is 21.3. The molecule has 1 aliphatic heterocycles. The summed E-state index contributed by atoms with van der Waals surface area (Å²) in [5, 5.41) is 2.15. The zero-order valence-corrected chi connectivity index (χ0v) is 40.5. The van der Waals surface area contributed by atoms with Gasteiger partial charge in [-0.25, -0.2) is 4.98 Å². The molecule has 0 fully saturated rings. The van der Waals surface area contributed by atoms with E-state index in [1.165, 1.54) is 27.9 Å². The first kappa shape index (κ1) is 40.2. The number of fused-ring (bicyclic) bond motifs is 4. The Morgan fingerprint density at radius 1 is 0.493 bits per heavy atom. The first-order valence-corrected chi connectivity index (χ1v) is 23.5. The fourth-order valence-corrected chi connectivity index (χ4v) is 9.56. The number of benzene rings is 7. The Hall–Kier alpha value is -7.11. The normalized spacial score (nSPS) is 14.0. The van der Waals surface area contributed by atoms with Gasteiger partial charge in [-0.1, -0.05) is 141 Å². The number of rotatable bonds is 7. The second-order valence-electron chi connectivity index (χ2n) is 21.3. The highest BCUT2D eigenvalue weighted by molar-refractivity contribution is 6.09. The van der Waals surface area contributed by atoms with E-state index in [1.54, 1.807) is 6.20 Å². The molecule has 10 rings (SSSR count). The minimum absolute atomic E-state index is 0.0306. The van der Waals surface area contributed by atoms with Gasteiger partial charge in [0.1, 0.15) is 24.0 Å². The van der Waals surface area contributed by atoms with E-state index < -0.39 is 6.85 Å². The highest BCUT2D eigenvalue weighted by atomic mass is 16.5. The Labute approximate surface area is 401 Å². The van der Waals surface area contributed by atoms with E-state index in [4.69, 9.17) is 13.8 Å². The summed E-state index contributed by atoms with van der Waals surface area (Å²) in [5.41, 5.74) is 14.9. The van der Waals surface area contributed by atoms with Crippen LogP contribution in [0.1, 0.15) is 94.2 Å². The second kappa shape index (κ2) is 16.3. The van der Waals surface area contributed by atoms with Crippen LogP contribution in [0.25, 0.3) is 49.9 Å². The van der Waals surface area contributed by atoms with Crippen LogP contribution in [0.2, 0.25) is 0 Å². The predicted molar refractivity (Wildman–Crippen MR) is 284 cm³/mol. The molecule has 0 saturated heterocycles. The highest BCUT2D eigenvalue weighted by Crippen LogP contribution is 2.48. The predicted octanol–water partition coefficient (Wildman–Crippen LogP) is 17.1. The molecule has 1 aliphatic rings. The zero-order valence-electron chi connectivity index (χ0n) is 43.5. The van der Waals surface area contributed by atoms with E-state index in [0.717, 1.165) is 66.9 Å². The summed E-state index contributed by atoms with van der Waals surface area (Å²) in [4.78, 5) is 9.77. The third-order valence-corrected chi connectivity index (χ3v) is 13.4. The first-order valence-electron chi connectivity index (χ1n) is 25.0. The molecule has 0 amide bonds. The molecule has 5 heteroatoms. The van der Waals surface area contributed by atoms with Gasteiger partial charge in [0.05, 0.1) is 22.4 Å². The quantitative estimate of drug-likeness (QED) is 0.160. The first-order chi connectivity index (χ1) is 33.1. The van der Waals surface area contributed by atoms with Crippen molar-refractivity contribution in [2.24, 2.45) is 0 Å². The van der Waals surface area contributed by atoms with Crippen LogP contribution in [0.5, 0.6) is 11.5 Å². The lowest BCUT2D eigenvalue weighted by Gasteiger charge is -2.29. The molecule has 0 N–H and O–H groups in total. The van der Waals surface area contributed by atoms with Crippen LogP contribution in [0.4, 0.5) is 22.7 Å². The molecule has 5 nitrogen and oxygen atoms in total. The molecule has 3 heterocycles. The Morgan fingerprint density at radius 2 is 1.15 bits per heavy atom. The van der Waals surface area contributed by atoms with Gasteiger partial charge in [-0.05, 0) is 147 Å². The van der Waals surface area contributed by atoms with E-state index in [1.807, 2.05) is 43.3 Å². The van der Waals surface area contributed by atoms with Crippen LogP contribution in [-0.2, 0) is 16.2 Å². The average molecular weight is 882 g/mol. The molecular weight excluding hydrogens is 817 g/mol. The third kappa shape index (κ3) is 8.26. The number of nitrogens with zero attached hydrogens (tertiary/aromatic N) is 4. The highest BCUT2D eigenvalue weighted by Gasteiger charge is 2.31. The van der Waals surface area contributed by atoms with Crippen LogP contribution in [0.15, 0.2) is 164 Å². The van der Waals surface area contributed by atoms with Gasteiger partial charge < -0.3 is 14.5 Å². The molecule has 0 bridgehead atoms. The molecule has 0 unspecified atom stereocenters. The van der Waals surface area contributed by atoms with Gasteiger partial charge in [0.25, 0.3) is 0 Å². The average Bonchev–Trinajstić information content (AvgIpc) is 3.86. The summed E-state index contributed by atoms with van der Waals surface area (Å²) in [6, 6.07) is 55.4. The standard InChI is InChI=1S/C62H62N4O/c1-40-30-45(60(3,4)5)31-41(2)59(40)44-28-29-63-58(33-44)66-54-23-16-15-22-52(54)53-26-25-51(38-56(53)66)67-50-21-17-20-48(37-50)64-39-65(49-35-46(61(6,7)8)34-47(36-49)62(9,10)11)57-32-43(24-27-55(57)64)42-18-13-12-14-19-42/h12-38H,39H2,1-11H3/i1D3. The molecule has 0 radical (unpaired) electrons. The molecule has 0 spiro atoms. The van der Waals surface area contributed by atoms with Gasteiger partial charge in [0.15, 0.2) is 0 Å². The number of ether oxygens (including phenoxy) is 1. The van der Waals surface area contributed by atoms with Crippen molar-refractivity contribution in [1.82, 2.24) is 9.55 Å². The fraction of sp³-hybridized carbons (Fsp3) is 0.242. The molecule has 0 aliphatic carbocycles. The molecule has 0 atom stereocenters. The molecule has 9 aromatic rings. The fourth-order valence-electron chi connectivity index (χ4n) is 9.56. The smallest absolute Gasteiger partial charge is 0.138 e. The lowest BCUT2D eigenvalue weighted by molar-refractivity contribution is 0.483. The number of pyridine rings is 1. The summed E-state index contributed by atoms with van der Waals surface area (Å²) < 4.78 is 34.8. The SMILES string of the molecule is [2H]C([2H])([2H])c1cc(C(C)(C)C)cc(C)c1-c1ccnc(-n2c3ccccc3c3ccc(Oc4cccc(N5CN(c6cc(C(C)(C)C)cc(C(C)(C)C)c6)c6cc(-c7ccccc7)ccc65)c4)cc32)c1. The van der Waals surface area contributed by atoms with Crippen molar-refractivity contribution in [3.63, 3.8) is 0 Å². The van der Waals surface area contributed by atoms with E-state index in [-0.39, 0.29) is 16.2 Å². The lowest BCUT2D eigenvalue weighted by Crippen LogP contribution is -2.25. The number of hydrogen-bond donors (Lipinski definition) is 0. The van der Waals surface area contributed by atoms with Crippen molar-refractivity contribution >= 4 is 44.6 Å². The Balaban J connectivity index is 1.04. The Morgan fingerprint density at radius 3 is 1.88 bits per heavy atom. The third-order valence-electron chi connectivity index (χ3n) is 13.4. The summed E-state index contributed by atoms with van der Waals surface area (Å²) >= 11 is 0. The van der Waals surface area contributed by atoms with Crippen LogP contribution in [0.3, 0.4) is 0 Å². The molecule has 7 aromatic carbocycles. The summed E-state index contributed by atoms with van der Waals surface area (Å²) in [5.74, 6) is 2.10. The molecule has 0 saturated carbocycles. The summed E-state index contributed by atoms with van der Waals surface area (Å²) in [7, 11) is 0. The van der Waals surface area contributed by atoms with E-state index in [9.17, 15) is 0 Å². The number of anilines is 4. The molecule has 67 heavy (non-hydrogen) atoms. The Kier molecular flexibility index (Phi) is 9.80. The van der Waals surface area contributed by atoms with Crippen molar-refractivity contribution in [1.29, 1.82) is 0 Å². The van der Waals surface area contributed by atoms with Gasteiger partial charge in [0, 0.05) is 44.6 Å². The molecule has 336 valence electrons. The van der Waals surface area contributed by atoms with Crippen LogP contribution >= 0.6 is 0 Å². The van der Waals surface area contributed by atoms with Crippen molar-refractivity contribution < 1.29 is 8.85 Å². The van der Waals surface area contributed by atoms with Crippen LogP contribution in [0, 0.1) is 13.8 Å². The Bertz CT molecular complexity index is 3430. The number of aromatic nitrogens is 2. The maximum Gasteiger partial charge on any atom is 0.138 e. The molecular formula is C62H62N4O. The van der Waals surface area contributed by atoms with Gasteiger partial charge in [-0.2, -0.15) is 0 Å². The lowest BCUT2D eigenvalue weighted by atomic mass is 9.80. The largest absolute Gasteiger partial charge is 0.457 e. The maximum absolute atomic E-state index is 8.61. The molecule has 2 aromatic heterocycles. The van der Waals surface area contributed by atoms with Gasteiger partial charge >= 0.3 is 0 Å². The van der Waals surface area contributed by atoms with Crippen molar-refractivity contribution in [2.75, 3.05) is 16.5 Å². The van der Waals surface area contributed by atoms with Crippen molar-refractivity contribution in [2.45, 2.75) is 92.3 Å². The van der Waals surface area contributed by atoms with Gasteiger partial charge in [-0.3, -0.25) is 4.57 Å². The zero-order chi connectivity index (χ0) is 49.5. The van der Waals surface area contributed by atoms with Gasteiger partial charge in [-0.15, -0.1) is 0 Å². The van der Waals surface area contributed by atoms with Crippen molar-refractivity contribution in [3.8, 4) is 39.6 Å². The van der Waals surface area contributed by atoms with E-state index in [0.29, 0.717) is 23.8 Å². The van der Waals surface area contributed by atoms with E-state index in [2.05, 4.69) is 198 Å². The minimum atomic E-state index is -2.31. The monoisotopic (exact) mass is 882 g/mol. The minimum Gasteiger partial charge on any atom is -0.457 e. The maximum atomic E-state index is 8.61. The van der Waals surface area contributed by atoms with Crippen molar-refractivity contribution in [3.05, 3.63) is 192 Å².